The number of carbonyl (C=O) groups excluding carboxylic acids is 1. The van der Waals surface area contributed by atoms with Gasteiger partial charge < -0.3 is 14.6 Å². The van der Waals surface area contributed by atoms with Crippen molar-refractivity contribution in [1.82, 2.24) is 4.90 Å². The largest absolute Gasteiger partial charge is 0.496 e. The summed E-state index contributed by atoms with van der Waals surface area (Å²) in [4.78, 5) is 26.6. The van der Waals surface area contributed by atoms with Crippen LogP contribution < -0.4 is 4.74 Å². The van der Waals surface area contributed by atoms with Gasteiger partial charge in [-0.1, -0.05) is 59.7 Å². The molecule has 2 atom stereocenters. The van der Waals surface area contributed by atoms with Crippen LogP contribution in [0.15, 0.2) is 78.9 Å². The Balaban J connectivity index is 1.53. The quantitative estimate of drug-likeness (QED) is 0.234. The summed E-state index contributed by atoms with van der Waals surface area (Å²) < 4.78 is 51.9. The number of alkyl halides is 3. The van der Waals surface area contributed by atoms with E-state index in [9.17, 15) is 27.9 Å². The first-order valence-corrected chi connectivity index (χ1v) is 13.6. The smallest absolute Gasteiger partial charge is 0.416 e. The number of nitrogens with zero attached hydrogens (tertiary/aromatic N) is 1. The van der Waals surface area contributed by atoms with Crippen molar-refractivity contribution >= 4 is 12.1 Å². The van der Waals surface area contributed by atoms with Crippen LogP contribution in [0.5, 0.6) is 5.75 Å². The highest BCUT2D eigenvalue weighted by Crippen LogP contribution is 2.41. The maximum atomic E-state index is 13.5. The van der Waals surface area contributed by atoms with Gasteiger partial charge >= 0.3 is 18.2 Å². The summed E-state index contributed by atoms with van der Waals surface area (Å²) in [6.45, 7) is 5.38. The summed E-state index contributed by atoms with van der Waals surface area (Å²) in [5.41, 5.74) is 4.46. The number of amides is 1. The summed E-state index contributed by atoms with van der Waals surface area (Å²) in [7, 11) is 1.54. The van der Waals surface area contributed by atoms with Crippen LogP contribution in [0.25, 0.3) is 22.3 Å². The lowest BCUT2D eigenvalue weighted by Crippen LogP contribution is -2.31. The van der Waals surface area contributed by atoms with E-state index in [1.807, 2.05) is 31.2 Å². The fourth-order valence-corrected chi connectivity index (χ4v) is 5.61. The van der Waals surface area contributed by atoms with Gasteiger partial charge in [-0.05, 0) is 78.9 Å². The highest BCUT2D eigenvalue weighted by molar-refractivity contribution is 5.96. The van der Waals surface area contributed by atoms with Crippen molar-refractivity contribution in [3.63, 3.8) is 0 Å². The zero-order valence-corrected chi connectivity index (χ0v) is 24.0. The molecule has 1 heterocycles. The van der Waals surface area contributed by atoms with E-state index in [-0.39, 0.29) is 17.7 Å². The lowest BCUT2D eigenvalue weighted by molar-refractivity contribution is -0.137. The fraction of sp³-hybridized carbons (Fsp3) is 0.235. The monoisotopic (exact) mass is 589 g/mol. The zero-order valence-electron chi connectivity index (χ0n) is 24.0. The molecule has 1 amide bonds. The Bertz CT molecular complexity index is 1720. The van der Waals surface area contributed by atoms with Crippen molar-refractivity contribution in [3.8, 4) is 28.0 Å². The number of ether oxygens (including phenoxy) is 2. The number of carboxylic acids is 1. The third-order valence-corrected chi connectivity index (χ3v) is 7.71. The molecule has 4 aromatic carbocycles. The van der Waals surface area contributed by atoms with Gasteiger partial charge in [0.2, 0.25) is 0 Å². The van der Waals surface area contributed by atoms with Crippen molar-refractivity contribution in [2.24, 2.45) is 0 Å². The SMILES string of the molecule is COc1ccc(-c2ccccc2C(=O)O)cc1-c1ccc(C)cc1CN1C(=O)O[C@H](c2cc(C)cc(C(F)(F)F)c2)[C@@H]1C. The Kier molecular flexibility index (Phi) is 7.92. The molecule has 1 aliphatic heterocycles. The van der Waals surface area contributed by atoms with Crippen molar-refractivity contribution in [1.29, 1.82) is 0 Å². The summed E-state index contributed by atoms with van der Waals surface area (Å²) in [5, 5.41) is 9.74. The molecule has 9 heteroatoms. The van der Waals surface area contributed by atoms with E-state index in [1.54, 1.807) is 63.4 Å². The van der Waals surface area contributed by atoms with Crippen LogP contribution >= 0.6 is 0 Å². The molecule has 1 fully saturated rings. The Hall–Kier alpha value is -4.79. The topological polar surface area (TPSA) is 76.1 Å². The first-order chi connectivity index (χ1) is 20.4. The van der Waals surface area contributed by atoms with Gasteiger partial charge in [-0.15, -0.1) is 0 Å². The number of hydrogen-bond donors (Lipinski definition) is 1. The summed E-state index contributed by atoms with van der Waals surface area (Å²) in [6, 6.07) is 21.1. The Morgan fingerprint density at radius 3 is 2.37 bits per heavy atom. The van der Waals surface area contributed by atoms with Crippen LogP contribution in [-0.2, 0) is 17.5 Å². The van der Waals surface area contributed by atoms with Gasteiger partial charge in [0.05, 0.1) is 30.8 Å². The maximum Gasteiger partial charge on any atom is 0.416 e. The number of rotatable bonds is 7. The van der Waals surface area contributed by atoms with Crippen molar-refractivity contribution < 1.29 is 37.3 Å². The highest BCUT2D eigenvalue weighted by atomic mass is 19.4. The maximum absolute atomic E-state index is 13.5. The van der Waals surface area contributed by atoms with E-state index < -0.39 is 35.9 Å². The minimum absolute atomic E-state index is 0.130. The number of cyclic esters (lactones) is 1. The third-order valence-electron chi connectivity index (χ3n) is 7.71. The summed E-state index contributed by atoms with van der Waals surface area (Å²) >= 11 is 0. The van der Waals surface area contributed by atoms with Crippen LogP contribution in [0.1, 0.15) is 51.2 Å². The van der Waals surface area contributed by atoms with E-state index in [4.69, 9.17) is 9.47 Å². The minimum atomic E-state index is -4.53. The number of aromatic carboxylic acids is 1. The first-order valence-electron chi connectivity index (χ1n) is 13.6. The van der Waals surface area contributed by atoms with Gasteiger partial charge in [0, 0.05) is 5.56 Å². The Morgan fingerprint density at radius 2 is 1.67 bits per heavy atom. The average molecular weight is 590 g/mol. The second-order valence-electron chi connectivity index (χ2n) is 10.7. The number of halogens is 3. The molecule has 43 heavy (non-hydrogen) atoms. The molecule has 0 unspecified atom stereocenters. The van der Waals surface area contributed by atoms with Gasteiger partial charge in [0.15, 0.2) is 0 Å². The fourth-order valence-electron chi connectivity index (χ4n) is 5.61. The molecule has 1 N–H and O–H groups in total. The van der Waals surface area contributed by atoms with Gasteiger partial charge in [0.25, 0.3) is 0 Å². The van der Waals surface area contributed by atoms with E-state index in [2.05, 4.69) is 0 Å². The number of aryl methyl sites for hydroxylation is 2. The van der Waals surface area contributed by atoms with Gasteiger partial charge in [-0.25, -0.2) is 9.59 Å². The van der Waals surface area contributed by atoms with Crippen molar-refractivity contribution in [3.05, 3.63) is 112 Å². The molecule has 0 radical (unpaired) electrons. The molecular weight excluding hydrogens is 559 g/mol. The number of benzene rings is 4. The van der Waals surface area contributed by atoms with Crippen molar-refractivity contribution in [2.45, 2.75) is 45.6 Å². The number of hydrogen-bond acceptors (Lipinski definition) is 4. The average Bonchev–Trinajstić information content (AvgIpc) is 3.24. The lowest BCUT2D eigenvalue weighted by Gasteiger charge is -2.24. The van der Waals surface area contributed by atoms with Crippen LogP contribution in [-0.4, -0.2) is 35.2 Å². The molecule has 0 bridgehead atoms. The molecule has 222 valence electrons. The molecule has 4 aromatic rings. The molecule has 0 aromatic heterocycles. The second-order valence-corrected chi connectivity index (χ2v) is 10.7. The lowest BCUT2D eigenvalue weighted by atomic mass is 9.92. The molecule has 1 aliphatic rings. The number of carboxylic acid groups (broad SMARTS) is 1. The van der Waals surface area contributed by atoms with E-state index in [1.165, 1.54) is 4.90 Å². The number of methoxy groups -OCH3 is 1. The summed E-state index contributed by atoms with van der Waals surface area (Å²) in [6.07, 6.45) is -6.04. The van der Waals surface area contributed by atoms with Gasteiger partial charge in [0.1, 0.15) is 11.9 Å². The second kappa shape index (κ2) is 11.5. The summed E-state index contributed by atoms with van der Waals surface area (Å²) in [5.74, 6) is -0.493. The zero-order chi connectivity index (χ0) is 31.1. The van der Waals surface area contributed by atoms with Crippen LogP contribution in [0.4, 0.5) is 18.0 Å². The van der Waals surface area contributed by atoms with E-state index >= 15 is 0 Å². The van der Waals surface area contributed by atoms with Gasteiger partial charge in [-0.3, -0.25) is 4.90 Å². The van der Waals surface area contributed by atoms with Crippen LogP contribution in [0, 0.1) is 13.8 Å². The predicted molar refractivity (Wildman–Crippen MR) is 156 cm³/mol. The van der Waals surface area contributed by atoms with Crippen LogP contribution in [0.2, 0.25) is 0 Å². The molecule has 1 saturated heterocycles. The third kappa shape index (κ3) is 5.93. The molecule has 6 nitrogen and oxygen atoms in total. The number of carbonyl (C=O) groups is 2. The van der Waals surface area contributed by atoms with E-state index in [0.717, 1.165) is 28.8 Å². The Morgan fingerprint density at radius 1 is 0.930 bits per heavy atom. The highest BCUT2D eigenvalue weighted by Gasteiger charge is 2.41. The van der Waals surface area contributed by atoms with E-state index in [0.29, 0.717) is 28.0 Å². The normalized spacial score (nSPS) is 16.7. The predicted octanol–water partition coefficient (Wildman–Crippen LogP) is 8.45. The molecular formula is C34H30F3NO5. The standard InChI is InChI=1S/C34H30F3NO5/c1-19-9-11-27(29-17-22(10-12-30(29)42-4)26-7-5-6-8-28(26)32(39)40)24(13-19)18-38-21(3)31(43-33(38)41)23-14-20(2)15-25(16-23)34(35,36)37/h5-17,21,31H,18H2,1-4H3,(H,39,40)/t21-,31-/m0/s1. The van der Waals surface area contributed by atoms with Gasteiger partial charge in [-0.2, -0.15) is 13.2 Å². The Labute approximate surface area is 247 Å². The van der Waals surface area contributed by atoms with Crippen molar-refractivity contribution in [2.75, 3.05) is 7.11 Å². The molecule has 0 saturated carbocycles. The molecule has 0 aliphatic carbocycles. The minimum Gasteiger partial charge on any atom is -0.496 e. The molecule has 0 spiro atoms. The van der Waals surface area contributed by atoms with Crippen LogP contribution in [0.3, 0.4) is 0 Å². The molecule has 5 rings (SSSR count). The first kappa shape index (κ1) is 29.7.